The molecule has 1 aliphatic heterocycles. The monoisotopic (exact) mass is 471 g/mol. The van der Waals surface area contributed by atoms with Gasteiger partial charge in [-0.05, 0) is 55.1 Å². The number of rotatable bonds is 5. The Labute approximate surface area is 194 Å². The van der Waals surface area contributed by atoms with Gasteiger partial charge in [0.1, 0.15) is 16.6 Å². The van der Waals surface area contributed by atoms with Gasteiger partial charge in [-0.25, -0.2) is 4.98 Å². The summed E-state index contributed by atoms with van der Waals surface area (Å²) in [6, 6.07) is 8.86. The van der Waals surface area contributed by atoms with Gasteiger partial charge in [-0.15, -0.1) is 0 Å². The van der Waals surface area contributed by atoms with Crippen LogP contribution in [0.15, 0.2) is 52.4 Å². The Morgan fingerprint density at radius 2 is 1.97 bits per heavy atom. The quantitative estimate of drug-likeness (QED) is 0.547. The number of nitrogens with one attached hydrogen (secondary N) is 1. The van der Waals surface area contributed by atoms with Crippen LogP contribution in [-0.4, -0.2) is 46.0 Å². The molecule has 3 N–H and O–H groups in total. The number of halogens is 1. The van der Waals surface area contributed by atoms with E-state index >= 15 is 0 Å². The molecule has 4 rings (SSSR count). The van der Waals surface area contributed by atoms with Gasteiger partial charge in [-0.3, -0.25) is 19.7 Å². The summed E-state index contributed by atoms with van der Waals surface area (Å²) in [5, 5.41) is 5.75. The molecule has 0 saturated carbocycles. The molecule has 0 radical (unpaired) electrons. The smallest absolute Gasteiger partial charge is 0.270 e. The molecule has 2 aromatic heterocycles. The lowest BCUT2D eigenvalue weighted by molar-refractivity contribution is 0.0708. The maximum Gasteiger partial charge on any atom is 0.270 e. The Morgan fingerprint density at radius 3 is 2.62 bits per heavy atom. The molecule has 0 unspecified atom stereocenters. The number of piperidine rings is 1. The second-order valence-corrected chi connectivity index (χ2v) is 8.48. The van der Waals surface area contributed by atoms with Crippen LogP contribution in [0.2, 0.25) is 5.02 Å². The van der Waals surface area contributed by atoms with Gasteiger partial charge in [0, 0.05) is 41.9 Å². The number of ether oxygens (including phenoxy) is 1. The largest absolute Gasteiger partial charge is 0.496 e. The van der Waals surface area contributed by atoms with Crippen molar-refractivity contribution >= 4 is 29.5 Å². The molecule has 0 aliphatic carbocycles. The van der Waals surface area contributed by atoms with Crippen LogP contribution < -0.4 is 15.4 Å². The number of amides is 1. The van der Waals surface area contributed by atoms with Crippen molar-refractivity contribution in [2.24, 2.45) is 5.14 Å². The maximum atomic E-state index is 13.1. The molecule has 1 fully saturated rings. The van der Waals surface area contributed by atoms with Crippen LogP contribution in [-0.2, 0) is 0 Å². The van der Waals surface area contributed by atoms with E-state index in [1.807, 2.05) is 6.07 Å². The number of hydrogen-bond donors (Lipinski definition) is 2. The zero-order chi connectivity index (χ0) is 22.7. The molecule has 0 atom stereocenters. The van der Waals surface area contributed by atoms with Crippen molar-refractivity contribution in [2.45, 2.75) is 23.7 Å². The molecule has 0 spiro atoms. The number of nitrogens with zero attached hydrogens (tertiary/aromatic N) is 3. The van der Waals surface area contributed by atoms with Gasteiger partial charge in [-0.2, -0.15) is 0 Å². The highest BCUT2D eigenvalue weighted by atomic mass is 35.5. The van der Waals surface area contributed by atoms with Crippen LogP contribution in [0.5, 0.6) is 5.75 Å². The number of carbonyl (C=O) groups excluding carboxylic acids is 1. The van der Waals surface area contributed by atoms with Gasteiger partial charge in [0.05, 0.1) is 18.4 Å². The number of methoxy groups -OCH3 is 1. The molecular formula is C22H22ClN5O3S. The minimum absolute atomic E-state index is 0.0257. The van der Waals surface area contributed by atoms with Crippen molar-refractivity contribution < 1.29 is 9.53 Å². The maximum absolute atomic E-state index is 13.1. The SMILES string of the molecule is COc1ccc(SN)cc1C(=O)N1CCC(c2nc(-c3ccncc3)[nH]c(=O)c2Cl)CC1. The van der Waals surface area contributed by atoms with Crippen molar-refractivity contribution in [3.8, 4) is 17.1 Å². The number of hydrogen-bond acceptors (Lipinski definition) is 7. The normalized spacial score (nSPS) is 14.4. The Balaban J connectivity index is 1.54. The second-order valence-electron chi connectivity index (χ2n) is 7.40. The van der Waals surface area contributed by atoms with E-state index in [0.29, 0.717) is 48.8 Å². The van der Waals surface area contributed by atoms with E-state index < -0.39 is 0 Å². The molecular weight excluding hydrogens is 450 g/mol. The highest BCUT2D eigenvalue weighted by molar-refractivity contribution is 7.97. The van der Waals surface area contributed by atoms with Crippen LogP contribution in [0, 0.1) is 0 Å². The molecule has 1 aliphatic rings. The molecule has 3 aromatic rings. The van der Waals surface area contributed by atoms with Crippen LogP contribution in [0.3, 0.4) is 0 Å². The van der Waals surface area contributed by atoms with Crippen molar-refractivity contribution in [3.63, 3.8) is 0 Å². The van der Waals surface area contributed by atoms with Crippen molar-refractivity contribution in [2.75, 3.05) is 20.2 Å². The molecule has 1 aromatic carbocycles. The van der Waals surface area contributed by atoms with Crippen LogP contribution in [0.25, 0.3) is 11.4 Å². The van der Waals surface area contributed by atoms with E-state index in [9.17, 15) is 9.59 Å². The summed E-state index contributed by atoms with van der Waals surface area (Å²) in [5.74, 6) is 0.827. The summed E-state index contributed by atoms with van der Waals surface area (Å²) in [7, 11) is 1.54. The van der Waals surface area contributed by atoms with Crippen molar-refractivity contribution in [3.05, 3.63) is 69.4 Å². The summed E-state index contributed by atoms with van der Waals surface area (Å²) in [6.45, 7) is 1.03. The summed E-state index contributed by atoms with van der Waals surface area (Å²) < 4.78 is 5.36. The predicted molar refractivity (Wildman–Crippen MR) is 124 cm³/mol. The Kier molecular flexibility index (Phi) is 6.78. The first-order valence-electron chi connectivity index (χ1n) is 10.1. The van der Waals surface area contributed by atoms with E-state index in [4.69, 9.17) is 21.5 Å². The van der Waals surface area contributed by atoms with Gasteiger partial charge >= 0.3 is 0 Å². The van der Waals surface area contributed by atoms with Gasteiger partial charge in [0.2, 0.25) is 0 Å². The average molecular weight is 472 g/mol. The highest BCUT2D eigenvalue weighted by Gasteiger charge is 2.29. The average Bonchev–Trinajstić information content (AvgIpc) is 2.85. The Hall–Kier alpha value is -2.88. The number of benzene rings is 1. The van der Waals surface area contributed by atoms with Gasteiger partial charge in [0.15, 0.2) is 0 Å². The number of pyridine rings is 1. The number of carbonyl (C=O) groups is 1. The van der Waals surface area contributed by atoms with E-state index in [-0.39, 0.29) is 22.4 Å². The standard InChI is InChI=1S/C22H22ClN5O3S/c1-31-17-3-2-15(32-24)12-16(17)22(30)28-10-6-13(7-11-28)19-18(23)21(29)27-20(26-19)14-4-8-25-9-5-14/h2-5,8-9,12-13H,6-7,10-11,24H2,1H3,(H,26,27,29). The van der Waals surface area contributed by atoms with Crippen LogP contribution in [0.4, 0.5) is 0 Å². The fourth-order valence-electron chi connectivity index (χ4n) is 3.85. The number of aromatic amines is 1. The first-order chi connectivity index (χ1) is 15.5. The summed E-state index contributed by atoms with van der Waals surface area (Å²) in [4.78, 5) is 39.5. The first-order valence-corrected chi connectivity index (χ1v) is 11.3. The highest BCUT2D eigenvalue weighted by Crippen LogP contribution is 2.33. The zero-order valence-corrected chi connectivity index (χ0v) is 18.9. The third kappa shape index (κ3) is 4.50. The van der Waals surface area contributed by atoms with Crippen LogP contribution in [0.1, 0.15) is 34.8 Å². The fraction of sp³-hybridized carbons (Fsp3) is 0.273. The molecule has 1 saturated heterocycles. The first kappa shape index (κ1) is 22.3. The molecule has 0 bridgehead atoms. The van der Waals surface area contributed by atoms with Crippen LogP contribution >= 0.6 is 23.5 Å². The van der Waals surface area contributed by atoms with Gasteiger partial charge in [0.25, 0.3) is 11.5 Å². The molecule has 1 amide bonds. The minimum Gasteiger partial charge on any atom is -0.496 e. The zero-order valence-electron chi connectivity index (χ0n) is 17.4. The topological polar surface area (TPSA) is 114 Å². The fourth-order valence-corrected chi connectivity index (χ4v) is 4.42. The Morgan fingerprint density at radius 1 is 1.25 bits per heavy atom. The lowest BCUT2D eigenvalue weighted by Crippen LogP contribution is -2.38. The second kappa shape index (κ2) is 9.72. The lowest BCUT2D eigenvalue weighted by atomic mass is 9.92. The lowest BCUT2D eigenvalue weighted by Gasteiger charge is -2.32. The Bertz CT molecular complexity index is 1180. The molecule has 166 valence electrons. The molecule has 32 heavy (non-hydrogen) atoms. The molecule has 8 nitrogen and oxygen atoms in total. The molecule has 3 heterocycles. The van der Waals surface area contributed by atoms with Gasteiger partial charge < -0.3 is 14.6 Å². The number of aromatic nitrogens is 3. The van der Waals surface area contributed by atoms with Crippen molar-refractivity contribution in [1.82, 2.24) is 19.9 Å². The number of H-pyrrole nitrogens is 1. The van der Waals surface area contributed by atoms with Gasteiger partial charge in [-0.1, -0.05) is 11.6 Å². The summed E-state index contributed by atoms with van der Waals surface area (Å²) in [6.07, 6.45) is 4.57. The van der Waals surface area contributed by atoms with Crippen molar-refractivity contribution in [1.29, 1.82) is 0 Å². The third-order valence-electron chi connectivity index (χ3n) is 5.55. The number of likely N-dealkylation sites (tertiary alicyclic amines) is 1. The van der Waals surface area contributed by atoms with E-state index in [1.54, 1.807) is 41.6 Å². The predicted octanol–water partition coefficient (Wildman–Crippen LogP) is 3.48. The van der Waals surface area contributed by atoms with E-state index in [2.05, 4.69) is 15.0 Å². The van der Waals surface area contributed by atoms with E-state index in [0.717, 1.165) is 22.4 Å². The number of nitrogens with two attached hydrogens (primary N) is 1. The summed E-state index contributed by atoms with van der Waals surface area (Å²) in [5.41, 5.74) is 1.43. The minimum atomic E-state index is -0.372. The third-order valence-corrected chi connectivity index (χ3v) is 6.44. The summed E-state index contributed by atoms with van der Waals surface area (Å²) >= 11 is 7.40. The van der Waals surface area contributed by atoms with E-state index in [1.165, 1.54) is 7.11 Å². The molecule has 10 heteroatoms.